The number of carbonyl (C=O) groups is 1. The first-order valence-electron chi connectivity index (χ1n) is 8.20. The number of ether oxygens (including phenoxy) is 3. The molecule has 148 valence electrons. The third-order valence-corrected chi connectivity index (χ3v) is 2.98. The van der Waals surface area contributed by atoms with E-state index in [0.717, 1.165) is 11.5 Å². The van der Waals surface area contributed by atoms with Gasteiger partial charge < -0.3 is 24.8 Å². The fraction of sp³-hybridized carbons (Fsp3) is 0.556. The second kappa shape index (κ2) is 11.8. The molecular weight excluding hydrogens is 449 g/mol. The van der Waals surface area contributed by atoms with Gasteiger partial charge in [-0.15, -0.1) is 24.0 Å². The van der Waals surface area contributed by atoms with Crippen molar-refractivity contribution in [3.63, 3.8) is 0 Å². The van der Waals surface area contributed by atoms with Gasteiger partial charge in [0.1, 0.15) is 29.7 Å². The van der Waals surface area contributed by atoms with E-state index in [1.54, 1.807) is 14.2 Å². The number of hydrogen-bond acceptors (Lipinski definition) is 5. The Morgan fingerprint density at radius 2 is 1.88 bits per heavy atom. The van der Waals surface area contributed by atoms with Crippen molar-refractivity contribution in [3.05, 3.63) is 24.3 Å². The Morgan fingerprint density at radius 3 is 2.46 bits per heavy atom. The predicted octanol–water partition coefficient (Wildman–Crippen LogP) is 2.59. The number of rotatable bonds is 7. The van der Waals surface area contributed by atoms with Crippen molar-refractivity contribution >= 4 is 35.9 Å². The summed E-state index contributed by atoms with van der Waals surface area (Å²) >= 11 is 0. The van der Waals surface area contributed by atoms with Crippen LogP contribution in [0.25, 0.3) is 0 Å². The van der Waals surface area contributed by atoms with Crippen LogP contribution in [0.4, 0.5) is 0 Å². The number of hydrogen-bond donors (Lipinski definition) is 2. The van der Waals surface area contributed by atoms with Crippen LogP contribution in [-0.2, 0) is 9.53 Å². The van der Waals surface area contributed by atoms with Crippen molar-refractivity contribution in [3.8, 4) is 11.5 Å². The zero-order chi connectivity index (χ0) is 18.9. The van der Waals surface area contributed by atoms with Crippen molar-refractivity contribution in [2.24, 2.45) is 4.99 Å². The van der Waals surface area contributed by atoms with Crippen molar-refractivity contribution in [1.82, 2.24) is 10.6 Å². The van der Waals surface area contributed by atoms with Crippen LogP contribution in [0, 0.1) is 0 Å². The van der Waals surface area contributed by atoms with Gasteiger partial charge in [0, 0.05) is 13.1 Å². The van der Waals surface area contributed by atoms with Crippen LogP contribution in [0.2, 0.25) is 0 Å². The second-order valence-electron chi connectivity index (χ2n) is 6.50. The Bertz CT molecular complexity index is 588. The van der Waals surface area contributed by atoms with E-state index >= 15 is 0 Å². The minimum atomic E-state index is -0.505. The standard InChI is InChI=1S/C18H29N3O4.HI/c1-13(24-15-9-7-8-14(10-15)23-6)11-20-17(19-5)21-12-16(22)25-18(2,3)4;/h7-10,13H,11-12H2,1-6H3,(H2,19,20,21);1H. The highest BCUT2D eigenvalue weighted by molar-refractivity contribution is 14.0. The van der Waals surface area contributed by atoms with Crippen LogP contribution in [0.15, 0.2) is 29.3 Å². The van der Waals surface area contributed by atoms with Gasteiger partial charge in [0.2, 0.25) is 0 Å². The highest BCUT2D eigenvalue weighted by atomic mass is 127. The highest BCUT2D eigenvalue weighted by Gasteiger charge is 2.16. The van der Waals surface area contributed by atoms with Gasteiger partial charge in [0.25, 0.3) is 0 Å². The summed E-state index contributed by atoms with van der Waals surface area (Å²) in [5.74, 6) is 1.64. The smallest absolute Gasteiger partial charge is 0.325 e. The van der Waals surface area contributed by atoms with Crippen molar-refractivity contribution in [1.29, 1.82) is 0 Å². The molecule has 1 aromatic rings. The van der Waals surface area contributed by atoms with Gasteiger partial charge in [0.15, 0.2) is 5.96 Å². The Balaban J connectivity index is 0.00000625. The lowest BCUT2D eigenvalue weighted by Crippen LogP contribution is -2.44. The van der Waals surface area contributed by atoms with E-state index in [4.69, 9.17) is 14.2 Å². The Hall–Kier alpha value is -1.71. The van der Waals surface area contributed by atoms with E-state index in [1.165, 1.54) is 0 Å². The van der Waals surface area contributed by atoms with E-state index in [0.29, 0.717) is 12.5 Å². The lowest BCUT2D eigenvalue weighted by atomic mass is 10.2. The summed E-state index contributed by atoms with van der Waals surface area (Å²) in [6.07, 6.45) is -0.104. The molecule has 26 heavy (non-hydrogen) atoms. The maximum Gasteiger partial charge on any atom is 0.325 e. The number of nitrogens with one attached hydrogen (secondary N) is 2. The zero-order valence-corrected chi connectivity index (χ0v) is 18.6. The zero-order valence-electron chi connectivity index (χ0n) is 16.3. The molecule has 8 heteroatoms. The first-order chi connectivity index (χ1) is 11.7. The number of carbonyl (C=O) groups excluding carboxylic acids is 1. The van der Waals surface area contributed by atoms with Gasteiger partial charge in [-0.25, -0.2) is 0 Å². The third-order valence-electron chi connectivity index (χ3n) is 2.98. The quantitative estimate of drug-likeness (QED) is 0.271. The molecule has 0 bridgehead atoms. The molecule has 1 rings (SSSR count). The average Bonchev–Trinajstić information content (AvgIpc) is 2.53. The highest BCUT2D eigenvalue weighted by Crippen LogP contribution is 2.19. The van der Waals surface area contributed by atoms with Gasteiger partial charge >= 0.3 is 5.97 Å². The molecule has 0 aliphatic rings. The number of guanidine groups is 1. The Kier molecular flexibility index (Phi) is 11.0. The normalized spacial score (nSPS) is 12.5. The van der Waals surface area contributed by atoms with Crippen LogP contribution in [0.3, 0.4) is 0 Å². The third kappa shape index (κ3) is 10.3. The molecule has 0 heterocycles. The van der Waals surface area contributed by atoms with Gasteiger partial charge in [-0.05, 0) is 39.8 Å². The molecule has 2 N–H and O–H groups in total. The number of nitrogens with zero attached hydrogens (tertiary/aromatic N) is 1. The fourth-order valence-corrected chi connectivity index (χ4v) is 1.94. The van der Waals surface area contributed by atoms with Crippen LogP contribution >= 0.6 is 24.0 Å². The van der Waals surface area contributed by atoms with Crippen LogP contribution in [0.1, 0.15) is 27.7 Å². The lowest BCUT2D eigenvalue weighted by molar-refractivity contribution is -0.153. The van der Waals surface area contributed by atoms with E-state index in [-0.39, 0.29) is 42.6 Å². The second-order valence-corrected chi connectivity index (χ2v) is 6.50. The molecule has 1 atom stereocenters. The van der Waals surface area contributed by atoms with Gasteiger partial charge in [0.05, 0.1) is 13.7 Å². The van der Waals surface area contributed by atoms with Gasteiger partial charge in [-0.3, -0.25) is 9.79 Å². The molecule has 0 fully saturated rings. The lowest BCUT2D eigenvalue weighted by Gasteiger charge is -2.21. The van der Waals surface area contributed by atoms with Crippen LogP contribution < -0.4 is 20.1 Å². The molecule has 1 unspecified atom stereocenters. The van der Waals surface area contributed by atoms with E-state index in [1.807, 2.05) is 52.0 Å². The number of benzene rings is 1. The molecule has 0 aliphatic heterocycles. The minimum absolute atomic E-state index is 0. The molecule has 7 nitrogen and oxygen atoms in total. The molecular formula is C18H30IN3O4. The van der Waals surface area contributed by atoms with Crippen molar-refractivity contribution < 1.29 is 19.0 Å². The first kappa shape index (κ1) is 24.3. The summed E-state index contributed by atoms with van der Waals surface area (Å²) in [6, 6.07) is 7.43. The molecule has 0 saturated carbocycles. The number of halogens is 1. The monoisotopic (exact) mass is 479 g/mol. The first-order valence-corrected chi connectivity index (χ1v) is 8.20. The Morgan fingerprint density at radius 1 is 1.23 bits per heavy atom. The molecule has 0 spiro atoms. The molecule has 0 saturated heterocycles. The molecule has 0 aromatic heterocycles. The summed E-state index contributed by atoms with van der Waals surface area (Å²) in [4.78, 5) is 15.8. The topological polar surface area (TPSA) is 81.2 Å². The summed E-state index contributed by atoms with van der Waals surface area (Å²) < 4.78 is 16.2. The molecule has 0 amide bonds. The van der Waals surface area contributed by atoms with Gasteiger partial charge in [-0.1, -0.05) is 6.07 Å². The maximum atomic E-state index is 11.7. The van der Waals surface area contributed by atoms with E-state index in [2.05, 4.69) is 15.6 Å². The summed E-state index contributed by atoms with van der Waals surface area (Å²) in [5, 5.41) is 6.03. The van der Waals surface area contributed by atoms with Crippen LogP contribution in [0.5, 0.6) is 11.5 Å². The summed E-state index contributed by atoms with van der Waals surface area (Å²) in [5.41, 5.74) is -0.505. The fourth-order valence-electron chi connectivity index (χ4n) is 1.94. The average molecular weight is 479 g/mol. The minimum Gasteiger partial charge on any atom is -0.497 e. The van der Waals surface area contributed by atoms with Crippen molar-refractivity contribution in [2.45, 2.75) is 39.4 Å². The number of esters is 1. The Labute approximate surface area is 172 Å². The van der Waals surface area contributed by atoms with Crippen molar-refractivity contribution in [2.75, 3.05) is 27.2 Å². The number of methoxy groups -OCH3 is 1. The SMILES string of the molecule is CN=C(NCC(=O)OC(C)(C)C)NCC(C)Oc1cccc(OC)c1.I. The summed E-state index contributed by atoms with van der Waals surface area (Å²) in [6.45, 7) is 7.99. The molecule has 0 aliphatic carbocycles. The largest absolute Gasteiger partial charge is 0.497 e. The molecule has 1 aromatic carbocycles. The summed E-state index contributed by atoms with van der Waals surface area (Å²) in [7, 11) is 3.25. The van der Waals surface area contributed by atoms with Gasteiger partial charge in [-0.2, -0.15) is 0 Å². The molecule has 0 radical (unpaired) electrons. The maximum absolute atomic E-state index is 11.7. The predicted molar refractivity (Wildman–Crippen MR) is 114 cm³/mol. The van der Waals surface area contributed by atoms with E-state index < -0.39 is 5.60 Å². The van der Waals surface area contributed by atoms with Crippen LogP contribution in [-0.4, -0.2) is 50.9 Å². The number of aliphatic imine (C=N–C) groups is 1. The van der Waals surface area contributed by atoms with E-state index in [9.17, 15) is 4.79 Å².